The number of rotatable bonds is 6. The zero-order valence-corrected chi connectivity index (χ0v) is 19.3. The molecule has 0 aliphatic carbocycles. The van der Waals surface area contributed by atoms with Crippen LogP contribution in [0.3, 0.4) is 0 Å². The van der Waals surface area contributed by atoms with Crippen molar-refractivity contribution in [3.05, 3.63) is 45.3 Å². The summed E-state index contributed by atoms with van der Waals surface area (Å²) < 4.78 is 5.15. The Morgan fingerprint density at radius 2 is 1.91 bits per heavy atom. The standard InChI is InChI=1S/C22H29N5O4S/c1-23-9-11-24(12-10-23)13-14-25-7-3-8-26(19-6-15-32-22(19)25)21(28)17-4-5-18(27(29)30)20(16-17)31-2/h4-6,15-16H,3,7-14H2,1-2H3. The van der Waals surface area contributed by atoms with Crippen LogP contribution in [0.4, 0.5) is 16.4 Å². The number of methoxy groups -OCH3 is 1. The van der Waals surface area contributed by atoms with Crippen LogP contribution in [0, 0.1) is 10.1 Å². The molecule has 3 heterocycles. The maximum Gasteiger partial charge on any atom is 0.310 e. The van der Waals surface area contributed by atoms with Crippen LogP contribution in [-0.2, 0) is 0 Å². The smallest absolute Gasteiger partial charge is 0.310 e. The molecule has 2 aliphatic heterocycles. The lowest BCUT2D eigenvalue weighted by Crippen LogP contribution is -2.47. The van der Waals surface area contributed by atoms with Gasteiger partial charge in [-0.3, -0.25) is 19.8 Å². The van der Waals surface area contributed by atoms with Crippen molar-refractivity contribution in [2.75, 3.05) is 76.3 Å². The van der Waals surface area contributed by atoms with Gasteiger partial charge in [0.1, 0.15) is 5.00 Å². The van der Waals surface area contributed by atoms with Crippen molar-refractivity contribution in [1.29, 1.82) is 0 Å². The minimum Gasteiger partial charge on any atom is -0.490 e. The summed E-state index contributed by atoms with van der Waals surface area (Å²) >= 11 is 1.66. The average molecular weight is 460 g/mol. The van der Waals surface area contributed by atoms with Crippen LogP contribution < -0.4 is 14.5 Å². The van der Waals surface area contributed by atoms with Crippen LogP contribution in [0.2, 0.25) is 0 Å². The highest BCUT2D eigenvalue weighted by molar-refractivity contribution is 7.15. The summed E-state index contributed by atoms with van der Waals surface area (Å²) in [4.78, 5) is 33.1. The summed E-state index contributed by atoms with van der Waals surface area (Å²) in [5, 5.41) is 14.3. The van der Waals surface area contributed by atoms with Gasteiger partial charge in [-0.25, -0.2) is 0 Å². The highest BCUT2D eigenvalue weighted by atomic mass is 32.1. The van der Waals surface area contributed by atoms with Gasteiger partial charge in [0.25, 0.3) is 5.91 Å². The second-order valence-corrected chi connectivity index (χ2v) is 9.09. The summed E-state index contributed by atoms with van der Waals surface area (Å²) in [5.74, 6) is -0.0752. The van der Waals surface area contributed by atoms with Crippen molar-refractivity contribution in [1.82, 2.24) is 9.80 Å². The molecule has 0 bridgehead atoms. The number of nitrogens with zero attached hydrogens (tertiary/aromatic N) is 5. The van der Waals surface area contributed by atoms with E-state index in [0.29, 0.717) is 12.1 Å². The summed E-state index contributed by atoms with van der Waals surface area (Å²) in [6, 6.07) is 6.29. The van der Waals surface area contributed by atoms with E-state index in [-0.39, 0.29) is 17.3 Å². The first-order valence-electron chi connectivity index (χ1n) is 10.9. The monoisotopic (exact) mass is 459 g/mol. The molecule has 9 nitrogen and oxygen atoms in total. The van der Waals surface area contributed by atoms with E-state index in [4.69, 9.17) is 4.74 Å². The van der Waals surface area contributed by atoms with E-state index in [0.717, 1.165) is 62.9 Å². The number of benzene rings is 1. The van der Waals surface area contributed by atoms with Crippen molar-refractivity contribution >= 4 is 33.6 Å². The van der Waals surface area contributed by atoms with Crippen molar-refractivity contribution in [2.45, 2.75) is 6.42 Å². The van der Waals surface area contributed by atoms with Gasteiger partial charge in [-0.05, 0) is 31.0 Å². The molecule has 0 spiro atoms. The lowest BCUT2D eigenvalue weighted by Gasteiger charge is -2.34. The SMILES string of the molecule is COc1cc(C(=O)N2CCCN(CCN3CCN(C)CC3)c3sccc32)ccc1[N+](=O)[O-]. The first kappa shape index (κ1) is 22.5. The maximum atomic E-state index is 13.4. The minimum absolute atomic E-state index is 0.0926. The van der Waals surface area contributed by atoms with E-state index in [9.17, 15) is 14.9 Å². The molecular formula is C22H29N5O4S. The van der Waals surface area contributed by atoms with E-state index in [1.165, 1.54) is 25.3 Å². The second kappa shape index (κ2) is 9.85. The molecule has 1 amide bonds. The summed E-state index contributed by atoms with van der Waals surface area (Å²) in [6.07, 6.45) is 0.861. The summed E-state index contributed by atoms with van der Waals surface area (Å²) in [7, 11) is 3.54. The first-order valence-corrected chi connectivity index (χ1v) is 11.7. The van der Waals surface area contributed by atoms with Crippen molar-refractivity contribution in [2.24, 2.45) is 0 Å². The van der Waals surface area contributed by atoms with Crippen molar-refractivity contribution in [3.8, 4) is 5.75 Å². The summed E-state index contributed by atoms with van der Waals surface area (Å²) in [6.45, 7) is 7.84. The van der Waals surface area contributed by atoms with Gasteiger partial charge >= 0.3 is 5.69 Å². The van der Waals surface area contributed by atoms with Gasteiger partial charge in [-0.1, -0.05) is 0 Å². The van der Waals surface area contributed by atoms with Gasteiger partial charge in [-0.15, -0.1) is 11.3 Å². The molecule has 0 atom stereocenters. The number of ether oxygens (including phenoxy) is 1. The van der Waals surface area contributed by atoms with Crippen LogP contribution in [0.5, 0.6) is 5.75 Å². The molecule has 1 aromatic heterocycles. The lowest BCUT2D eigenvalue weighted by molar-refractivity contribution is -0.385. The number of carbonyl (C=O) groups is 1. The third kappa shape index (κ3) is 4.72. The molecule has 2 aliphatic rings. The highest BCUT2D eigenvalue weighted by Gasteiger charge is 2.28. The third-order valence-electron chi connectivity index (χ3n) is 6.16. The number of carbonyl (C=O) groups excluding carboxylic acids is 1. The minimum atomic E-state index is -0.506. The Hall–Kier alpha value is -2.69. The maximum absolute atomic E-state index is 13.4. The van der Waals surface area contributed by atoms with Crippen molar-refractivity contribution in [3.63, 3.8) is 0 Å². The zero-order valence-electron chi connectivity index (χ0n) is 18.5. The molecule has 32 heavy (non-hydrogen) atoms. The predicted molar refractivity (Wildman–Crippen MR) is 126 cm³/mol. The Balaban J connectivity index is 1.50. The molecule has 1 saturated heterocycles. The number of anilines is 2. The Bertz CT molecular complexity index is 973. The highest BCUT2D eigenvalue weighted by Crippen LogP contribution is 2.39. The quantitative estimate of drug-likeness (QED) is 0.485. The van der Waals surface area contributed by atoms with Gasteiger partial charge in [-0.2, -0.15) is 0 Å². The molecule has 0 N–H and O–H groups in total. The third-order valence-corrected chi connectivity index (χ3v) is 7.13. The molecule has 10 heteroatoms. The Morgan fingerprint density at radius 1 is 1.12 bits per heavy atom. The average Bonchev–Trinajstić information content (AvgIpc) is 3.21. The summed E-state index contributed by atoms with van der Waals surface area (Å²) in [5.41, 5.74) is 1.15. The molecule has 4 rings (SSSR count). The number of piperazine rings is 1. The molecule has 1 fully saturated rings. The van der Waals surface area contributed by atoms with E-state index in [1.54, 1.807) is 16.2 Å². The second-order valence-electron chi connectivity index (χ2n) is 8.20. The predicted octanol–water partition coefficient (Wildman–Crippen LogP) is 2.77. The topological polar surface area (TPSA) is 82.4 Å². The number of amides is 1. The number of nitro groups is 1. The molecule has 2 aromatic rings. The molecule has 0 radical (unpaired) electrons. The molecule has 0 unspecified atom stereocenters. The van der Waals surface area contributed by atoms with Gasteiger partial charge in [0.2, 0.25) is 0 Å². The molecular weight excluding hydrogens is 430 g/mol. The van der Waals surface area contributed by atoms with E-state index >= 15 is 0 Å². The Labute approximate surface area is 191 Å². The number of likely N-dealkylation sites (N-methyl/N-ethyl adjacent to an activating group) is 1. The van der Waals surface area contributed by atoms with Crippen LogP contribution in [0.15, 0.2) is 29.6 Å². The largest absolute Gasteiger partial charge is 0.490 e. The van der Waals surface area contributed by atoms with Gasteiger partial charge in [0.15, 0.2) is 5.75 Å². The lowest BCUT2D eigenvalue weighted by atomic mass is 10.1. The van der Waals surface area contributed by atoms with Gasteiger partial charge in [0, 0.05) is 70.1 Å². The van der Waals surface area contributed by atoms with E-state index < -0.39 is 4.92 Å². The zero-order chi connectivity index (χ0) is 22.7. The molecule has 1 aromatic carbocycles. The Morgan fingerprint density at radius 3 is 2.62 bits per heavy atom. The number of thiophene rings is 1. The van der Waals surface area contributed by atoms with Crippen molar-refractivity contribution < 1.29 is 14.5 Å². The fourth-order valence-electron chi connectivity index (χ4n) is 4.25. The fourth-order valence-corrected chi connectivity index (χ4v) is 5.21. The Kier molecular flexibility index (Phi) is 6.92. The number of hydrogen-bond acceptors (Lipinski definition) is 8. The van der Waals surface area contributed by atoms with E-state index in [1.807, 2.05) is 11.4 Å². The normalized spacial score (nSPS) is 17.7. The molecule has 172 valence electrons. The van der Waals surface area contributed by atoms with Crippen LogP contribution in [-0.4, -0.2) is 87.1 Å². The van der Waals surface area contributed by atoms with Crippen LogP contribution in [0.25, 0.3) is 0 Å². The van der Waals surface area contributed by atoms with E-state index in [2.05, 4.69) is 21.7 Å². The van der Waals surface area contributed by atoms with Crippen LogP contribution in [0.1, 0.15) is 16.8 Å². The van der Waals surface area contributed by atoms with Gasteiger partial charge in [0.05, 0.1) is 17.7 Å². The molecule has 0 saturated carbocycles. The van der Waals surface area contributed by atoms with Gasteiger partial charge < -0.3 is 19.4 Å². The first-order chi connectivity index (χ1) is 15.5. The van der Waals surface area contributed by atoms with Crippen LogP contribution >= 0.6 is 11.3 Å². The number of nitro benzene ring substituents is 1. The number of fused-ring (bicyclic) bond motifs is 1. The fraction of sp³-hybridized carbons (Fsp3) is 0.500. The number of hydrogen-bond donors (Lipinski definition) is 0.